The van der Waals surface area contributed by atoms with E-state index in [0.29, 0.717) is 5.02 Å². The average Bonchev–Trinajstić information content (AvgIpc) is 2.33. The van der Waals surface area contributed by atoms with Crippen LogP contribution in [0.1, 0.15) is 18.5 Å². The molecule has 16 heavy (non-hydrogen) atoms. The van der Waals surface area contributed by atoms with E-state index in [4.69, 9.17) is 11.6 Å². The lowest BCUT2D eigenvalue weighted by Gasteiger charge is -2.15. The Balaban J connectivity index is 2.14. The fraction of sp³-hybridized carbons (Fsp3) is 0.167. The monoisotopic (exact) mass is 233 g/mol. The third-order valence-electron chi connectivity index (χ3n) is 2.32. The third kappa shape index (κ3) is 2.49. The maximum atomic E-state index is 6.04. The van der Waals surface area contributed by atoms with Crippen molar-refractivity contribution in [2.24, 2.45) is 0 Å². The van der Waals surface area contributed by atoms with Crippen molar-refractivity contribution < 1.29 is 0 Å². The summed E-state index contributed by atoms with van der Waals surface area (Å²) in [5.41, 5.74) is 1.95. The molecule has 2 aromatic heterocycles. The van der Waals surface area contributed by atoms with E-state index in [1.165, 1.54) is 0 Å². The molecule has 0 aliphatic rings. The summed E-state index contributed by atoms with van der Waals surface area (Å²) in [7, 11) is 0. The van der Waals surface area contributed by atoms with Crippen LogP contribution < -0.4 is 5.32 Å². The van der Waals surface area contributed by atoms with Gasteiger partial charge in [0.05, 0.1) is 22.9 Å². The van der Waals surface area contributed by atoms with E-state index >= 15 is 0 Å². The average molecular weight is 234 g/mol. The number of nitrogens with one attached hydrogen (secondary N) is 1. The molecule has 0 bridgehead atoms. The smallest absolute Gasteiger partial charge is 0.0720 e. The van der Waals surface area contributed by atoms with E-state index in [0.717, 1.165) is 11.3 Å². The van der Waals surface area contributed by atoms with Crippen LogP contribution in [0.2, 0.25) is 5.02 Å². The molecule has 2 rings (SSSR count). The number of nitrogens with zero attached hydrogens (tertiary/aromatic N) is 2. The van der Waals surface area contributed by atoms with Crippen LogP contribution in [0.25, 0.3) is 0 Å². The summed E-state index contributed by atoms with van der Waals surface area (Å²) in [4.78, 5) is 8.11. The fourth-order valence-corrected chi connectivity index (χ4v) is 1.59. The van der Waals surface area contributed by atoms with Crippen molar-refractivity contribution in [1.29, 1.82) is 0 Å². The topological polar surface area (TPSA) is 37.8 Å². The SMILES string of the molecule is CC(Nc1cnccc1Cl)c1cccnc1. The summed E-state index contributed by atoms with van der Waals surface area (Å²) in [5.74, 6) is 0. The van der Waals surface area contributed by atoms with Gasteiger partial charge in [-0.15, -0.1) is 0 Å². The van der Waals surface area contributed by atoms with Crippen molar-refractivity contribution in [1.82, 2.24) is 9.97 Å². The van der Waals surface area contributed by atoms with Gasteiger partial charge in [-0.2, -0.15) is 0 Å². The molecule has 0 amide bonds. The van der Waals surface area contributed by atoms with Crippen LogP contribution in [0.4, 0.5) is 5.69 Å². The van der Waals surface area contributed by atoms with Crippen LogP contribution in [0, 0.1) is 0 Å². The predicted molar refractivity (Wildman–Crippen MR) is 65.5 cm³/mol. The largest absolute Gasteiger partial charge is 0.376 e. The van der Waals surface area contributed by atoms with Gasteiger partial charge in [-0.1, -0.05) is 17.7 Å². The Morgan fingerprint density at radius 1 is 1.19 bits per heavy atom. The minimum absolute atomic E-state index is 0.149. The van der Waals surface area contributed by atoms with Crippen molar-refractivity contribution >= 4 is 17.3 Å². The normalized spacial score (nSPS) is 12.1. The summed E-state index contributed by atoms with van der Waals surface area (Å²) in [6, 6.07) is 5.85. The first kappa shape index (κ1) is 10.9. The van der Waals surface area contributed by atoms with Crippen LogP contribution in [-0.2, 0) is 0 Å². The lowest BCUT2D eigenvalue weighted by atomic mass is 10.1. The van der Waals surface area contributed by atoms with Gasteiger partial charge in [-0.05, 0) is 24.6 Å². The molecule has 82 valence electrons. The van der Waals surface area contributed by atoms with Gasteiger partial charge in [0.2, 0.25) is 0 Å². The minimum atomic E-state index is 0.149. The highest BCUT2D eigenvalue weighted by atomic mass is 35.5. The molecule has 3 nitrogen and oxygen atoms in total. The van der Waals surface area contributed by atoms with E-state index in [1.54, 1.807) is 24.7 Å². The molecular formula is C12H12ClN3. The minimum Gasteiger partial charge on any atom is -0.376 e. The molecule has 0 fully saturated rings. The van der Waals surface area contributed by atoms with E-state index in [1.807, 2.05) is 18.3 Å². The van der Waals surface area contributed by atoms with E-state index < -0.39 is 0 Å². The molecule has 0 aromatic carbocycles. The Morgan fingerprint density at radius 3 is 2.69 bits per heavy atom. The number of halogens is 1. The second kappa shape index (κ2) is 4.94. The molecule has 1 unspecified atom stereocenters. The number of rotatable bonds is 3. The second-order valence-electron chi connectivity index (χ2n) is 3.51. The zero-order chi connectivity index (χ0) is 11.4. The molecule has 2 aromatic rings. The standard InChI is InChI=1S/C12H12ClN3/c1-9(10-3-2-5-14-7-10)16-12-8-15-6-4-11(12)13/h2-9,16H,1H3. The number of pyridine rings is 2. The van der Waals surface area contributed by atoms with Crippen LogP contribution in [-0.4, -0.2) is 9.97 Å². The van der Waals surface area contributed by atoms with Gasteiger partial charge in [-0.3, -0.25) is 9.97 Å². The van der Waals surface area contributed by atoms with Crippen LogP contribution in [0.3, 0.4) is 0 Å². The van der Waals surface area contributed by atoms with E-state index in [9.17, 15) is 0 Å². The Bertz CT molecular complexity index is 459. The van der Waals surface area contributed by atoms with Crippen molar-refractivity contribution in [3.8, 4) is 0 Å². The highest BCUT2D eigenvalue weighted by Gasteiger charge is 2.07. The molecule has 1 atom stereocenters. The molecule has 0 radical (unpaired) electrons. The summed E-state index contributed by atoms with van der Waals surface area (Å²) in [5, 5.41) is 3.96. The Morgan fingerprint density at radius 2 is 2.00 bits per heavy atom. The van der Waals surface area contributed by atoms with Gasteiger partial charge < -0.3 is 5.32 Å². The van der Waals surface area contributed by atoms with E-state index in [-0.39, 0.29) is 6.04 Å². The highest BCUT2D eigenvalue weighted by Crippen LogP contribution is 2.24. The lowest BCUT2D eigenvalue weighted by Crippen LogP contribution is -2.07. The third-order valence-corrected chi connectivity index (χ3v) is 2.65. The Kier molecular flexibility index (Phi) is 3.37. The van der Waals surface area contributed by atoms with Crippen LogP contribution in [0.5, 0.6) is 0 Å². The predicted octanol–water partition coefficient (Wildman–Crippen LogP) is 3.30. The number of aromatic nitrogens is 2. The quantitative estimate of drug-likeness (QED) is 0.884. The second-order valence-corrected chi connectivity index (χ2v) is 3.92. The van der Waals surface area contributed by atoms with Crippen molar-refractivity contribution in [2.45, 2.75) is 13.0 Å². The first-order valence-corrected chi connectivity index (χ1v) is 5.41. The first-order chi connectivity index (χ1) is 7.77. The zero-order valence-electron chi connectivity index (χ0n) is 8.89. The first-order valence-electron chi connectivity index (χ1n) is 5.03. The van der Waals surface area contributed by atoms with Gasteiger partial charge in [0.1, 0.15) is 0 Å². The Hall–Kier alpha value is -1.61. The molecule has 2 heterocycles. The summed E-state index contributed by atoms with van der Waals surface area (Å²) in [6.45, 7) is 2.06. The maximum absolute atomic E-state index is 6.04. The van der Waals surface area contributed by atoms with Gasteiger partial charge in [0.15, 0.2) is 0 Å². The molecule has 4 heteroatoms. The molecule has 0 aliphatic heterocycles. The van der Waals surface area contributed by atoms with E-state index in [2.05, 4.69) is 22.2 Å². The van der Waals surface area contributed by atoms with Crippen molar-refractivity contribution in [3.63, 3.8) is 0 Å². The molecule has 0 saturated heterocycles. The Labute approximate surface area is 99.5 Å². The molecule has 0 saturated carbocycles. The van der Waals surface area contributed by atoms with Crippen LogP contribution >= 0.6 is 11.6 Å². The highest BCUT2D eigenvalue weighted by molar-refractivity contribution is 6.33. The molecule has 0 aliphatic carbocycles. The lowest BCUT2D eigenvalue weighted by molar-refractivity contribution is 0.874. The zero-order valence-corrected chi connectivity index (χ0v) is 9.65. The summed E-state index contributed by atoms with van der Waals surface area (Å²) in [6.07, 6.45) is 6.98. The summed E-state index contributed by atoms with van der Waals surface area (Å²) < 4.78 is 0. The maximum Gasteiger partial charge on any atom is 0.0720 e. The fourth-order valence-electron chi connectivity index (χ4n) is 1.43. The van der Waals surface area contributed by atoms with Crippen molar-refractivity contribution in [3.05, 3.63) is 53.6 Å². The van der Waals surface area contributed by atoms with Crippen LogP contribution in [0.15, 0.2) is 43.0 Å². The summed E-state index contributed by atoms with van der Waals surface area (Å²) >= 11 is 6.04. The molecular weight excluding hydrogens is 222 g/mol. The number of hydrogen-bond donors (Lipinski definition) is 1. The van der Waals surface area contributed by atoms with Crippen molar-refractivity contribution in [2.75, 3.05) is 5.32 Å². The molecule has 1 N–H and O–H groups in total. The number of hydrogen-bond acceptors (Lipinski definition) is 3. The van der Waals surface area contributed by atoms with Gasteiger partial charge in [0, 0.05) is 18.6 Å². The molecule has 0 spiro atoms. The van der Waals surface area contributed by atoms with Gasteiger partial charge in [-0.25, -0.2) is 0 Å². The van der Waals surface area contributed by atoms with Gasteiger partial charge in [0.25, 0.3) is 0 Å². The van der Waals surface area contributed by atoms with Gasteiger partial charge >= 0.3 is 0 Å². The number of anilines is 1.